The van der Waals surface area contributed by atoms with Gasteiger partial charge in [0.25, 0.3) is 0 Å². The topological polar surface area (TPSA) is 57.6 Å². The summed E-state index contributed by atoms with van der Waals surface area (Å²) in [6.07, 6.45) is 7.80. The van der Waals surface area contributed by atoms with Gasteiger partial charge in [-0.25, -0.2) is 0 Å². The smallest absolute Gasteiger partial charge is 0.307 e. The lowest BCUT2D eigenvalue weighted by Crippen LogP contribution is -2.50. The molecule has 3 rings (SSSR count). The molecule has 100 valence electrons. The predicted molar refractivity (Wildman–Crippen MR) is 65.9 cm³/mol. The predicted octanol–water partition coefficient (Wildman–Crippen LogP) is 1.89. The Kier molecular flexibility index (Phi) is 3.04. The van der Waals surface area contributed by atoms with Gasteiger partial charge >= 0.3 is 5.97 Å². The van der Waals surface area contributed by atoms with Crippen LogP contribution in [-0.4, -0.2) is 34.5 Å². The molecule has 0 aromatic rings. The number of rotatable bonds is 2. The van der Waals surface area contributed by atoms with Crippen LogP contribution in [0.5, 0.6) is 0 Å². The quantitative estimate of drug-likeness (QED) is 0.815. The minimum Gasteiger partial charge on any atom is -0.481 e. The molecule has 1 heterocycles. The molecule has 4 atom stereocenters. The highest BCUT2D eigenvalue weighted by Crippen LogP contribution is 2.43. The molecule has 2 saturated carbocycles. The van der Waals surface area contributed by atoms with Crippen molar-refractivity contribution in [3.8, 4) is 0 Å². The number of aliphatic carboxylic acids is 1. The fourth-order valence-corrected chi connectivity index (χ4v) is 3.85. The first kappa shape index (κ1) is 12.0. The Hall–Kier alpha value is -1.06. The highest BCUT2D eigenvalue weighted by Gasteiger charge is 2.51. The van der Waals surface area contributed by atoms with Gasteiger partial charge in [0.05, 0.1) is 11.8 Å². The number of likely N-dealkylation sites (tertiary alicyclic amines) is 1. The maximum atomic E-state index is 12.4. The molecular formula is C14H21NO3. The minimum absolute atomic E-state index is 0.124. The van der Waals surface area contributed by atoms with Gasteiger partial charge in [-0.15, -0.1) is 0 Å². The van der Waals surface area contributed by atoms with Gasteiger partial charge in [0.1, 0.15) is 0 Å². The summed E-state index contributed by atoms with van der Waals surface area (Å²) in [6.45, 7) is 0.850. The molecule has 0 aromatic heterocycles. The molecule has 0 aromatic carbocycles. The van der Waals surface area contributed by atoms with Crippen molar-refractivity contribution < 1.29 is 14.7 Å². The number of carboxylic acid groups (broad SMARTS) is 1. The second kappa shape index (κ2) is 4.56. The van der Waals surface area contributed by atoms with Gasteiger partial charge in [0, 0.05) is 12.6 Å². The summed E-state index contributed by atoms with van der Waals surface area (Å²) in [5.41, 5.74) is 0. The molecule has 0 radical (unpaired) electrons. The molecule has 1 saturated heterocycles. The number of hydrogen-bond donors (Lipinski definition) is 1. The zero-order valence-electron chi connectivity index (χ0n) is 10.7. The number of carboxylic acids is 1. The van der Waals surface area contributed by atoms with Gasteiger partial charge in [-0.1, -0.05) is 12.8 Å². The van der Waals surface area contributed by atoms with Crippen molar-refractivity contribution in [2.45, 2.75) is 51.0 Å². The lowest BCUT2D eigenvalue weighted by molar-refractivity contribution is -0.144. The van der Waals surface area contributed by atoms with Gasteiger partial charge in [0.15, 0.2) is 0 Å². The molecule has 2 aliphatic carbocycles. The molecular weight excluding hydrogens is 230 g/mol. The average molecular weight is 251 g/mol. The monoisotopic (exact) mass is 251 g/mol. The molecule has 3 aliphatic rings. The first-order valence-electron chi connectivity index (χ1n) is 7.22. The summed E-state index contributed by atoms with van der Waals surface area (Å²) >= 11 is 0. The van der Waals surface area contributed by atoms with Crippen molar-refractivity contribution in [1.82, 2.24) is 4.90 Å². The van der Waals surface area contributed by atoms with Crippen LogP contribution in [0, 0.1) is 17.8 Å². The van der Waals surface area contributed by atoms with E-state index in [1.807, 2.05) is 4.90 Å². The lowest BCUT2D eigenvalue weighted by atomic mass is 9.78. The van der Waals surface area contributed by atoms with E-state index in [1.54, 1.807) is 0 Å². The van der Waals surface area contributed by atoms with Gasteiger partial charge < -0.3 is 10.0 Å². The van der Waals surface area contributed by atoms with Gasteiger partial charge in [-0.2, -0.15) is 0 Å². The third-order valence-electron chi connectivity index (χ3n) is 4.95. The second-order valence-electron chi connectivity index (χ2n) is 6.07. The molecule has 4 heteroatoms. The van der Waals surface area contributed by atoms with Crippen LogP contribution in [0.3, 0.4) is 0 Å². The number of nitrogens with zero attached hydrogens (tertiary/aromatic N) is 1. The number of carbonyl (C=O) groups excluding carboxylic acids is 1. The van der Waals surface area contributed by atoms with Crippen LogP contribution >= 0.6 is 0 Å². The number of carbonyl (C=O) groups is 2. The van der Waals surface area contributed by atoms with Crippen LogP contribution in [0.25, 0.3) is 0 Å². The maximum Gasteiger partial charge on any atom is 0.307 e. The molecule has 1 amide bonds. The van der Waals surface area contributed by atoms with E-state index < -0.39 is 11.9 Å². The summed E-state index contributed by atoms with van der Waals surface area (Å²) in [7, 11) is 0. The van der Waals surface area contributed by atoms with E-state index in [2.05, 4.69) is 0 Å². The standard InChI is InChI=1S/C14H21NO3/c16-13(10-8-11(10)14(17)18)15-7-3-5-9-4-1-2-6-12(9)15/h9-12H,1-8H2,(H,17,18)/t9-,10-,11+,12-/m1/s1. The van der Waals surface area contributed by atoms with E-state index in [0.717, 1.165) is 19.4 Å². The molecule has 0 spiro atoms. The first-order chi connectivity index (χ1) is 8.68. The maximum absolute atomic E-state index is 12.4. The summed E-state index contributed by atoms with van der Waals surface area (Å²) < 4.78 is 0. The Bertz CT molecular complexity index is 366. The van der Waals surface area contributed by atoms with Gasteiger partial charge in [0.2, 0.25) is 5.91 Å². The zero-order chi connectivity index (χ0) is 12.7. The minimum atomic E-state index is -0.800. The molecule has 0 bridgehead atoms. The number of piperidine rings is 1. The van der Waals surface area contributed by atoms with Crippen LogP contribution in [-0.2, 0) is 9.59 Å². The molecule has 1 N–H and O–H groups in total. The fourth-order valence-electron chi connectivity index (χ4n) is 3.85. The van der Waals surface area contributed by atoms with Crippen LogP contribution in [0.1, 0.15) is 44.9 Å². The number of fused-ring (bicyclic) bond motifs is 1. The molecule has 4 nitrogen and oxygen atoms in total. The normalized spacial score (nSPS) is 39.0. The molecule has 18 heavy (non-hydrogen) atoms. The van der Waals surface area contributed by atoms with Crippen LogP contribution in [0.4, 0.5) is 0 Å². The summed E-state index contributed by atoms with van der Waals surface area (Å²) in [5.74, 6) is -0.618. The fraction of sp³-hybridized carbons (Fsp3) is 0.857. The van der Waals surface area contributed by atoms with E-state index in [-0.39, 0.29) is 11.8 Å². The Morgan fingerprint density at radius 1 is 1.00 bits per heavy atom. The van der Waals surface area contributed by atoms with E-state index in [4.69, 9.17) is 5.11 Å². The van der Waals surface area contributed by atoms with E-state index in [9.17, 15) is 9.59 Å². The third kappa shape index (κ3) is 2.02. The molecule has 0 unspecified atom stereocenters. The van der Waals surface area contributed by atoms with Crippen molar-refractivity contribution in [3.05, 3.63) is 0 Å². The third-order valence-corrected chi connectivity index (χ3v) is 4.95. The van der Waals surface area contributed by atoms with Crippen molar-refractivity contribution in [2.75, 3.05) is 6.54 Å². The Morgan fingerprint density at radius 2 is 1.72 bits per heavy atom. The van der Waals surface area contributed by atoms with Crippen molar-refractivity contribution in [1.29, 1.82) is 0 Å². The van der Waals surface area contributed by atoms with E-state index in [1.165, 1.54) is 25.7 Å². The van der Waals surface area contributed by atoms with Crippen molar-refractivity contribution in [2.24, 2.45) is 17.8 Å². The Morgan fingerprint density at radius 3 is 2.44 bits per heavy atom. The highest BCUT2D eigenvalue weighted by atomic mass is 16.4. The van der Waals surface area contributed by atoms with E-state index >= 15 is 0 Å². The number of hydrogen-bond acceptors (Lipinski definition) is 2. The molecule has 1 aliphatic heterocycles. The van der Waals surface area contributed by atoms with Crippen molar-refractivity contribution in [3.63, 3.8) is 0 Å². The Balaban J connectivity index is 1.67. The zero-order valence-corrected chi connectivity index (χ0v) is 10.7. The molecule has 3 fully saturated rings. The lowest BCUT2D eigenvalue weighted by Gasteiger charge is -2.44. The van der Waals surface area contributed by atoms with Crippen LogP contribution in [0.15, 0.2) is 0 Å². The van der Waals surface area contributed by atoms with E-state index in [0.29, 0.717) is 18.4 Å². The number of amides is 1. The second-order valence-corrected chi connectivity index (χ2v) is 6.07. The Labute approximate surface area is 107 Å². The van der Waals surface area contributed by atoms with Gasteiger partial charge in [-0.3, -0.25) is 9.59 Å². The average Bonchev–Trinajstić information content (AvgIpc) is 3.17. The van der Waals surface area contributed by atoms with Crippen LogP contribution < -0.4 is 0 Å². The summed E-state index contributed by atoms with van der Waals surface area (Å²) in [5, 5.41) is 8.93. The van der Waals surface area contributed by atoms with Crippen molar-refractivity contribution >= 4 is 11.9 Å². The highest BCUT2D eigenvalue weighted by molar-refractivity contribution is 5.89. The summed E-state index contributed by atoms with van der Waals surface area (Å²) in [4.78, 5) is 25.3. The SMILES string of the molecule is O=C(O)[C@H]1C[C@H]1C(=O)N1CCC[C@H]2CCCC[C@H]21. The summed E-state index contributed by atoms with van der Waals surface area (Å²) in [6, 6.07) is 0.412. The largest absolute Gasteiger partial charge is 0.481 e. The first-order valence-corrected chi connectivity index (χ1v) is 7.22. The van der Waals surface area contributed by atoms with Gasteiger partial charge in [-0.05, 0) is 38.0 Å². The van der Waals surface area contributed by atoms with Crippen LogP contribution in [0.2, 0.25) is 0 Å².